The van der Waals surface area contributed by atoms with E-state index in [0.717, 1.165) is 17.9 Å². The lowest BCUT2D eigenvalue weighted by molar-refractivity contribution is 0.503. The standard InChI is InChI=1S/C15H19NO/c1-10-4-5-11(2)14(8-10)15-7-6-13(17-15)9-12(3)16/h4-8,12H,9,16H2,1-3H3. The van der Waals surface area contributed by atoms with Gasteiger partial charge in [0.25, 0.3) is 0 Å². The first-order valence-electron chi connectivity index (χ1n) is 5.98. The van der Waals surface area contributed by atoms with Crippen LogP contribution in [-0.2, 0) is 6.42 Å². The minimum absolute atomic E-state index is 0.132. The van der Waals surface area contributed by atoms with E-state index in [9.17, 15) is 0 Å². The highest BCUT2D eigenvalue weighted by atomic mass is 16.3. The zero-order valence-corrected chi connectivity index (χ0v) is 10.7. The first kappa shape index (κ1) is 11.9. The van der Waals surface area contributed by atoms with Gasteiger partial charge < -0.3 is 10.2 Å². The van der Waals surface area contributed by atoms with Crippen molar-refractivity contribution in [3.63, 3.8) is 0 Å². The first-order chi connectivity index (χ1) is 8.06. The Kier molecular flexibility index (Phi) is 3.34. The monoisotopic (exact) mass is 229 g/mol. The van der Waals surface area contributed by atoms with E-state index in [2.05, 4.69) is 32.0 Å². The van der Waals surface area contributed by atoms with Crippen LogP contribution in [-0.4, -0.2) is 6.04 Å². The molecule has 0 saturated heterocycles. The largest absolute Gasteiger partial charge is 0.461 e. The lowest BCUT2D eigenvalue weighted by Crippen LogP contribution is -2.17. The fourth-order valence-electron chi connectivity index (χ4n) is 1.95. The van der Waals surface area contributed by atoms with E-state index < -0.39 is 0 Å². The van der Waals surface area contributed by atoms with Crippen LogP contribution in [0.5, 0.6) is 0 Å². The molecule has 2 rings (SSSR count). The van der Waals surface area contributed by atoms with Gasteiger partial charge in [-0.1, -0.05) is 17.7 Å². The van der Waals surface area contributed by atoms with Crippen LogP contribution in [0.15, 0.2) is 34.7 Å². The Morgan fingerprint density at radius 2 is 1.94 bits per heavy atom. The first-order valence-corrected chi connectivity index (χ1v) is 5.98. The third-order valence-corrected chi connectivity index (χ3v) is 2.84. The van der Waals surface area contributed by atoms with Crippen molar-refractivity contribution in [2.45, 2.75) is 33.2 Å². The fourth-order valence-corrected chi connectivity index (χ4v) is 1.95. The van der Waals surface area contributed by atoms with Crippen molar-refractivity contribution in [2.75, 3.05) is 0 Å². The van der Waals surface area contributed by atoms with E-state index in [1.165, 1.54) is 16.7 Å². The zero-order chi connectivity index (χ0) is 12.4. The maximum Gasteiger partial charge on any atom is 0.134 e. The summed E-state index contributed by atoms with van der Waals surface area (Å²) in [5.74, 6) is 1.89. The second-order valence-electron chi connectivity index (χ2n) is 4.77. The van der Waals surface area contributed by atoms with Crippen LogP contribution in [0.4, 0.5) is 0 Å². The van der Waals surface area contributed by atoms with Crippen molar-refractivity contribution < 1.29 is 4.42 Å². The number of furan rings is 1. The number of nitrogens with two attached hydrogens (primary N) is 1. The van der Waals surface area contributed by atoms with Crippen molar-refractivity contribution in [1.29, 1.82) is 0 Å². The Hall–Kier alpha value is -1.54. The van der Waals surface area contributed by atoms with E-state index in [1.54, 1.807) is 0 Å². The summed E-state index contributed by atoms with van der Waals surface area (Å²) in [6, 6.07) is 10.6. The maximum atomic E-state index is 5.84. The van der Waals surface area contributed by atoms with Crippen molar-refractivity contribution in [1.82, 2.24) is 0 Å². The van der Waals surface area contributed by atoms with Gasteiger partial charge in [-0.2, -0.15) is 0 Å². The highest BCUT2D eigenvalue weighted by Crippen LogP contribution is 2.26. The molecule has 1 aromatic heterocycles. The molecular formula is C15H19NO. The minimum atomic E-state index is 0.132. The van der Waals surface area contributed by atoms with E-state index in [0.29, 0.717) is 0 Å². The van der Waals surface area contributed by atoms with Crippen LogP contribution in [0.25, 0.3) is 11.3 Å². The summed E-state index contributed by atoms with van der Waals surface area (Å²) in [5, 5.41) is 0. The molecule has 0 bridgehead atoms. The molecule has 2 N–H and O–H groups in total. The molecule has 0 radical (unpaired) electrons. The maximum absolute atomic E-state index is 5.84. The molecule has 0 aliphatic carbocycles. The number of rotatable bonds is 3. The van der Waals surface area contributed by atoms with E-state index in [-0.39, 0.29) is 6.04 Å². The van der Waals surface area contributed by atoms with Gasteiger partial charge in [0, 0.05) is 18.0 Å². The van der Waals surface area contributed by atoms with Gasteiger partial charge in [-0.05, 0) is 44.5 Å². The second kappa shape index (κ2) is 4.76. The van der Waals surface area contributed by atoms with Crippen LogP contribution >= 0.6 is 0 Å². The minimum Gasteiger partial charge on any atom is -0.461 e. The summed E-state index contributed by atoms with van der Waals surface area (Å²) >= 11 is 0. The van der Waals surface area contributed by atoms with E-state index in [4.69, 9.17) is 10.2 Å². The molecular weight excluding hydrogens is 210 g/mol. The molecule has 1 aromatic carbocycles. The van der Waals surface area contributed by atoms with Gasteiger partial charge in [-0.3, -0.25) is 0 Å². The molecule has 0 aliphatic heterocycles. The SMILES string of the molecule is Cc1ccc(C)c(-c2ccc(CC(C)N)o2)c1. The van der Waals surface area contributed by atoms with Crippen molar-refractivity contribution in [3.05, 3.63) is 47.2 Å². The summed E-state index contributed by atoms with van der Waals surface area (Å²) in [6.07, 6.45) is 0.783. The van der Waals surface area contributed by atoms with Gasteiger partial charge in [0.2, 0.25) is 0 Å². The molecule has 1 atom stereocenters. The molecule has 0 amide bonds. The predicted octanol–water partition coefficient (Wildman–Crippen LogP) is 3.45. The van der Waals surface area contributed by atoms with Gasteiger partial charge >= 0.3 is 0 Å². The van der Waals surface area contributed by atoms with Crippen LogP contribution in [0.1, 0.15) is 23.8 Å². The Morgan fingerprint density at radius 3 is 2.65 bits per heavy atom. The second-order valence-corrected chi connectivity index (χ2v) is 4.77. The van der Waals surface area contributed by atoms with Crippen LogP contribution < -0.4 is 5.73 Å². The fraction of sp³-hybridized carbons (Fsp3) is 0.333. The molecule has 0 saturated carbocycles. The molecule has 0 fully saturated rings. The number of aryl methyl sites for hydroxylation is 2. The summed E-state index contributed by atoms with van der Waals surface area (Å²) in [5.41, 5.74) is 9.41. The Labute approximate surface area is 102 Å². The van der Waals surface area contributed by atoms with Gasteiger partial charge in [-0.25, -0.2) is 0 Å². The summed E-state index contributed by atoms with van der Waals surface area (Å²) in [6.45, 7) is 6.18. The van der Waals surface area contributed by atoms with E-state index in [1.807, 2.05) is 19.1 Å². The quantitative estimate of drug-likeness (QED) is 0.875. The Balaban J connectivity index is 2.33. The zero-order valence-electron chi connectivity index (χ0n) is 10.7. The molecule has 1 unspecified atom stereocenters. The number of benzene rings is 1. The summed E-state index contributed by atoms with van der Waals surface area (Å²) in [4.78, 5) is 0. The van der Waals surface area contributed by atoms with Crippen LogP contribution in [0.3, 0.4) is 0 Å². The molecule has 0 spiro atoms. The highest BCUT2D eigenvalue weighted by molar-refractivity contribution is 5.63. The highest BCUT2D eigenvalue weighted by Gasteiger charge is 2.08. The van der Waals surface area contributed by atoms with Gasteiger partial charge in [0.1, 0.15) is 11.5 Å². The smallest absolute Gasteiger partial charge is 0.134 e. The molecule has 2 aromatic rings. The Morgan fingerprint density at radius 1 is 1.18 bits per heavy atom. The van der Waals surface area contributed by atoms with Gasteiger partial charge in [0.15, 0.2) is 0 Å². The lowest BCUT2D eigenvalue weighted by atomic mass is 10.0. The van der Waals surface area contributed by atoms with Crippen molar-refractivity contribution in [2.24, 2.45) is 5.73 Å². The normalized spacial score (nSPS) is 12.7. The van der Waals surface area contributed by atoms with Gasteiger partial charge in [-0.15, -0.1) is 0 Å². The molecule has 90 valence electrons. The van der Waals surface area contributed by atoms with E-state index >= 15 is 0 Å². The third-order valence-electron chi connectivity index (χ3n) is 2.84. The molecule has 0 aliphatic rings. The average Bonchev–Trinajstić information content (AvgIpc) is 2.69. The van der Waals surface area contributed by atoms with Crippen molar-refractivity contribution in [3.8, 4) is 11.3 Å². The third kappa shape index (κ3) is 2.77. The number of hydrogen-bond donors (Lipinski definition) is 1. The van der Waals surface area contributed by atoms with Crippen molar-refractivity contribution >= 4 is 0 Å². The molecule has 2 heteroatoms. The Bertz CT molecular complexity index is 511. The number of hydrogen-bond acceptors (Lipinski definition) is 2. The topological polar surface area (TPSA) is 39.2 Å². The molecule has 1 heterocycles. The molecule has 2 nitrogen and oxygen atoms in total. The van der Waals surface area contributed by atoms with Crippen LogP contribution in [0.2, 0.25) is 0 Å². The van der Waals surface area contributed by atoms with Crippen LogP contribution in [0, 0.1) is 13.8 Å². The summed E-state index contributed by atoms with van der Waals surface area (Å²) < 4.78 is 5.84. The predicted molar refractivity (Wildman–Crippen MR) is 71.0 cm³/mol. The average molecular weight is 229 g/mol. The molecule has 17 heavy (non-hydrogen) atoms. The lowest BCUT2D eigenvalue weighted by Gasteiger charge is -2.04. The summed E-state index contributed by atoms with van der Waals surface area (Å²) in [7, 11) is 0. The van der Waals surface area contributed by atoms with Gasteiger partial charge in [0.05, 0.1) is 0 Å².